The average Bonchev–Trinajstić information content (AvgIpc) is 2.41. The topological polar surface area (TPSA) is 51.2 Å². The fourth-order valence-electron chi connectivity index (χ4n) is 2.62. The summed E-state index contributed by atoms with van der Waals surface area (Å²) in [5, 5.41) is 0. The zero-order valence-corrected chi connectivity index (χ0v) is 14.9. The Balaban J connectivity index is 2.53. The normalized spacial score (nSPS) is 18.1. The lowest BCUT2D eigenvalue weighted by Gasteiger charge is -2.38. The third kappa shape index (κ3) is 6.54. The Morgan fingerprint density at radius 1 is 0.905 bits per heavy atom. The summed E-state index contributed by atoms with van der Waals surface area (Å²) < 4.78 is 17.7. The summed E-state index contributed by atoms with van der Waals surface area (Å²) in [4.78, 5) is 15.7. The van der Waals surface area contributed by atoms with Crippen LogP contribution in [0.1, 0.15) is 27.7 Å². The molecular weight excluding hydrogens is 288 g/mol. The number of ketones is 1. The molecule has 1 heterocycles. The molecule has 1 aliphatic heterocycles. The molecule has 0 atom stereocenters. The molecule has 0 saturated carbocycles. The van der Waals surface area contributed by atoms with Gasteiger partial charge in [-0.05, 0) is 27.7 Å². The van der Waals surface area contributed by atoms with Gasteiger partial charge in [-0.1, -0.05) is 0 Å². The molecule has 124 valence electrons. The first-order valence-corrected chi connectivity index (χ1v) is 9.84. The monoisotopic (exact) mass is 318 g/mol. The van der Waals surface area contributed by atoms with E-state index >= 15 is 0 Å². The van der Waals surface area contributed by atoms with Gasteiger partial charge in [0.05, 0.1) is 12.7 Å². The minimum absolute atomic E-state index is 0.227. The van der Waals surface area contributed by atoms with Crippen molar-refractivity contribution in [2.45, 2.75) is 27.7 Å². The minimum atomic E-state index is -2.60. The third-order valence-corrected chi connectivity index (χ3v) is 6.44. The van der Waals surface area contributed by atoms with Crippen LogP contribution in [0.4, 0.5) is 0 Å². The molecule has 0 aliphatic carbocycles. The number of rotatable bonds is 10. The molecule has 0 N–H and O–H groups in total. The van der Waals surface area contributed by atoms with E-state index in [2.05, 4.69) is 9.80 Å². The van der Waals surface area contributed by atoms with Gasteiger partial charge in [0.2, 0.25) is 0 Å². The van der Waals surface area contributed by atoms with Crippen LogP contribution in [0.3, 0.4) is 0 Å². The molecule has 7 heteroatoms. The molecule has 21 heavy (non-hydrogen) atoms. The van der Waals surface area contributed by atoms with Crippen LogP contribution in [0.2, 0.25) is 0 Å². The molecule has 0 bridgehead atoms. The van der Waals surface area contributed by atoms with Crippen LogP contribution in [0.5, 0.6) is 0 Å². The van der Waals surface area contributed by atoms with E-state index in [0.29, 0.717) is 26.4 Å². The number of hydrogen-bond acceptors (Lipinski definition) is 6. The summed E-state index contributed by atoms with van der Waals surface area (Å²) in [5.41, 5.74) is 0. The molecule has 1 rings (SSSR count). The summed E-state index contributed by atoms with van der Waals surface area (Å²) in [6.45, 7) is 13.6. The van der Waals surface area contributed by atoms with Crippen molar-refractivity contribution in [1.82, 2.24) is 9.80 Å². The van der Waals surface area contributed by atoms with Gasteiger partial charge in [0.1, 0.15) is 5.78 Å². The van der Waals surface area contributed by atoms with Gasteiger partial charge >= 0.3 is 8.80 Å². The van der Waals surface area contributed by atoms with Gasteiger partial charge in [0.25, 0.3) is 0 Å². The molecule has 0 unspecified atom stereocenters. The predicted octanol–water partition coefficient (Wildman–Crippen LogP) is 0.781. The summed E-state index contributed by atoms with van der Waals surface area (Å²) >= 11 is 0. The minimum Gasteiger partial charge on any atom is -0.373 e. The van der Waals surface area contributed by atoms with E-state index in [1.165, 1.54) is 0 Å². The maximum absolute atomic E-state index is 11.2. The number of hydrogen-bond donors (Lipinski definition) is 0. The van der Waals surface area contributed by atoms with Crippen molar-refractivity contribution in [2.24, 2.45) is 0 Å². The maximum atomic E-state index is 11.2. The van der Waals surface area contributed by atoms with E-state index in [4.69, 9.17) is 13.3 Å². The molecule has 0 amide bonds. The quantitative estimate of drug-likeness (QED) is 0.555. The molecule has 0 aromatic heterocycles. The first kappa shape index (κ1) is 18.7. The van der Waals surface area contributed by atoms with E-state index < -0.39 is 8.80 Å². The van der Waals surface area contributed by atoms with Crippen LogP contribution in [0.15, 0.2) is 0 Å². The maximum Gasteiger partial charge on any atom is 0.515 e. The number of carbonyl (C=O) groups excluding carboxylic acids is 1. The van der Waals surface area contributed by atoms with Crippen molar-refractivity contribution in [1.29, 1.82) is 0 Å². The van der Waals surface area contributed by atoms with Crippen LogP contribution >= 0.6 is 0 Å². The van der Waals surface area contributed by atoms with Crippen molar-refractivity contribution < 1.29 is 18.1 Å². The van der Waals surface area contributed by atoms with Crippen LogP contribution in [0, 0.1) is 0 Å². The van der Waals surface area contributed by atoms with Gasteiger partial charge in [-0.2, -0.15) is 0 Å². The zero-order chi connectivity index (χ0) is 15.7. The van der Waals surface area contributed by atoms with Crippen LogP contribution < -0.4 is 0 Å². The van der Waals surface area contributed by atoms with Gasteiger partial charge in [-0.15, -0.1) is 0 Å². The van der Waals surface area contributed by atoms with Crippen molar-refractivity contribution in [3.05, 3.63) is 0 Å². The second kappa shape index (κ2) is 9.65. The summed E-state index contributed by atoms with van der Waals surface area (Å²) in [6.07, 6.45) is 0.733. The first-order chi connectivity index (χ1) is 10.0. The molecule has 0 spiro atoms. The predicted molar refractivity (Wildman–Crippen MR) is 84.2 cm³/mol. The molecular formula is C14H30N2O4Si. The Hall–Kier alpha value is -0.313. The highest BCUT2D eigenvalue weighted by atomic mass is 28.4. The Labute approximate surface area is 129 Å². The van der Waals surface area contributed by atoms with E-state index in [1.807, 2.05) is 20.8 Å². The van der Waals surface area contributed by atoms with E-state index in [9.17, 15) is 4.79 Å². The van der Waals surface area contributed by atoms with Crippen LogP contribution in [-0.4, -0.2) is 83.1 Å². The van der Waals surface area contributed by atoms with Crippen molar-refractivity contribution in [2.75, 3.05) is 58.7 Å². The van der Waals surface area contributed by atoms with Gasteiger partial charge < -0.3 is 13.3 Å². The Morgan fingerprint density at radius 3 is 1.71 bits per heavy atom. The number of piperazine rings is 1. The lowest BCUT2D eigenvalue weighted by atomic mass is 10.3. The van der Waals surface area contributed by atoms with E-state index in [1.54, 1.807) is 6.92 Å². The molecule has 0 radical (unpaired) electrons. The van der Waals surface area contributed by atoms with Crippen molar-refractivity contribution >= 4 is 14.6 Å². The van der Waals surface area contributed by atoms with Gasteiger partial charge in [-0.3, -0.25) is 14.6 Å². The van der Waals surface area contributed by atoms with Gasteiger partial charge in [-0.25, -0.2) is 0 Å². The SMILES string of the molecule is CCO[Si](CN1CCN(CC(C)=O)CC1)(OCC)OCC. The molecule has 1 fully saturated rings. The summed E-state index contributed by atoms with van der Waals surface area (Å²) in [6, 6.07) is 0. The highest BCUT2D eigenvalue weighted by Gasteiger charge is 2.42. The number of nitrogens with zero attached hydrogens (tertiary/aromatic N) is 2. The van der Waals surface area contributed by atoms with Crippen LogP contribution in [-0.2, 0) is 18.1 Å². The van der Waals surface area contributed by atoms with Crippen molar-refractivity contribution in [3.8, 4) is 0 Å². The largest absolute Gasteiger partial charge is 0.515 e. The van der Waals surface area contributed by atoms with Crippen molar-refractivity contribution in [3.63, 3.8) is 0 Å². The number of Topliss-reactive ketones (excluding diaryl/α,β-unsaturated/α-hetero) is 1. The van der Waals surface area contributed by atoms with Gasteiger partial charge in [0.15, 0.2) is 0 Å². The van der Waals surface area contributed by atoms with Crippen LogP contribution in [0.25, 0.3) is 0 Å². The Kier molecular flexibility index (Phi) is 8.61. The fraction of sp³-hybridized carbons (Fsp3) is 0.929. The fourth-order valence-corrected chi connectivity index (χ4v) is 5.32. The number of carbonyl (C=O) groups is 1. The lowest BCUT2D eigenvalue weighted by Crippen LogP contribution is -2.59. The highest BCUT2D eigenvalue weighted by Crippen LogP contribution is 2.14. The second-order valence-electron chi connectivity index (χ2n) is 5.24. The molecule has 0 aromatic rings. The lowest BCUT2D eigenvalue weighted by molar-refractivity contribution is -0.118. The Morgan fingerprint density at radius 2 is 1.33 bits per heavy atom. The second-order valence-corrected chi connectivity index (χ2v) is 7.78. The first-order valence-electron chi connectivity index (χ1n) is 7.91. The Bertz CT molecular complexity index is 292. The summed E-state index contributed by atoms with van der Waals surface area (Å²) in [7, 11) is -2.60. The highest BCUT2D eigenvalue weighted by molar-refractivity contribution is 6.60. The van der Waals surface area contributed by atoms with E-state index in [0.717, 1.165) is 32.3 Å². The van der Waals surface area contributed by atoms with E-state index in [-0.39, 0.29) is 5.78 Å². The standard InChI is InChI=1S/C14H30N2O4Si/c1-5-18-21(19-6-2,20-7-3)13-16-10-8-15(9-11-16)12-14(4)17/h5-13H2,1-4H3. The van der Waals surface area contributed by atoms with Gasteiger partial charge in [0, 0.05) is 46.0 Å². The molecule has 1 aliphatic rings. The summed E-state index contributed by atoms with van der Waals surface area (Å²) in [5.74, 6) is 0.227. The molecule has 1 saturated heterocycles. The molecule has 6 nitrogen and oxygen atoms in total. The zero-order valence-electron chi connectivity index (χ0n) is 13.9. The smallest absolute Gasteiger partial charge is 0.373 e. The average molecular weight is 318 g/mol. The molecule has 0 aromatic carbocycles. The third-order valence-electron chi connectivity index (χ3n) is 3.42.